The first-order valence-corrected chi connectivity index (χ1v) is 7.73. The molecular weight excluding hydrogens is 270 g/mol. The Labute approximate surface area is 122 Å². The molecule has 0 amide bonds. The van der Waals surface area contributed by atoms with Crippen LogP contribution in [-0.2, 0) is 6.54 Å². The fourth-order valence-electron chi connectivity index (χ4n) is 2.12. The van der Waals surface area contributed by atoms with E-state index in [1.807, 2.05) is 16.9 Å². The normalized spacial score (nSPS) is 20.2. The smallest absolute Gasteiger partial charge is 0.157 e. The molecule has 1 aliphatic heterocycles. The van der Waals surface area contributed by atoms with Crippen LogP contribution in [0, 0.1) is 0 Å². The van der Waals surface area contributed by atoms with E-state index < -0.39 is 0 Å². The molecule has 3 rings (SSSR count). The topological polar surface area (TPSA) is 55.1 Å². The number of aliphatic imine (C=N–C) groups is 1. The number of hydrogen-bond acceptors (Lipinski definition) is 4. The Kier molecular flexibility index (Phi) is 4.32. The first kappa shape index (κ1) is 13.2. The van der Waals surface area contributed by atoms with Crippen molar-refractivity contribution in [1.82, 2.24) is 20.3 Å². The zero-order chi connectivity index (χ0) is 13.6. The minimum Gasteiger partial charge on any atom is -0.357 e. The van der Waals surface area contributed by atoms with Gasteiger partial charge in [0.05, 0.1) is 12.2 Å². The maximum atomic E-state index is 4.61. The van der Waals surface area contributed by atoms with E-state index in [-0.39, 0.29) is 0 Å². The third kappa shape index (κ3) is 3.39. The average Bonchev–Trinajstić information content (AvgIpc) is 3.16. The Balaban J connectivity index is 1.46. The number of benzene rings is 1. The zero-order valence-electron chi connectivity index (χ0n) is 11.1. The first-order valence-electron chi connectivity index (χ1n) is 6.74. The van der Waals surface area contributed by atoms with E-state index in [2.05, 4.69) is 44.9 Å². The predicted octanol–water partition coefficient (Wildman–Crippen LogP) is 2.10. The molecule has 0 radical (unpaired) electrons. The second-order valence-corrected chi connectivity index (χ2v) is 5.63. The van der Waals surface area contributed by atoms with Gasteiger partial charge in [-0.3, -0.25) is 9.67 Å². The number of thioether (sulfide) groups is 1. The molecule has 0 spiro atoms. The molecule has 0 bridgehead atoms. The molecule has 2 heterocycles. The van der Waals surface area contributed by atoms with Crippen LogP contribution in [0.4, 0.5) is 0 Å². The lowest BCUT2D eigenvalue weighted by Gasteiger charge is -2.09. The molecule has 20 heavy (non-hydrogen) atoms. The summed E-state index contributed by atoms with van der Waals surface area (Å²) >= 11 is 1.80. The molecule has 1 aromatic carbocycles. The summed E-state index contributed by atoms with van der Waals surface area (Å²) in [7, 11) is 0. The van der Waals surface area contributed by atoms with Crippen LogP contribution in [0.1, 0.15) is 18.0 Å². The second kappa shape index (κ2) is 6.56. The highest BCUT2D eigenvalue weighted by Gasteiger charge is 2.21. The summed E-state index contributed by atoms with van der Waals surface area (Å²) in [5.74, 6) is 1.05. The van der Waals surface area contributed by atoms with Crippen LogP contribution in [0.25, 0.3) is 0 Å². The molecule has 0 saturated carbocycles. The Morgan fingerprint density at radius 3 is 3.05 bits per heavy atom. The Morgan fingerprint density at radius 2 is 2.25 bits per heavy atom. The molecule has 1 aliphatic rings. The van der Waals surface area contributed by atoms with Crippen molar-refractivity contribution in [2.24, 2.45) is 4.99 Å². The maximum absolute atomic E-state index is 4.61. The predicted molar refractivity (Wildman–Crippen MR) is 81.7 cm³/mol. The van der Waals surface area contributed by atoms with Crippen LogP contribution in [0.5, 0.6) is 0 Å². The van der Waals surface area contributed by atoms with Crippen LogP contribution in [0.3, 0.4) is 0 Å². The van der Waals surface area contributed by atoms with Gasteiger partial charge in [0, 0.05) is 25.0 Å². The van der Waals surface area contributed by atoms with Crippen LogP contribution < -0.4 is 5.32 Å². The molecule has 1 aromatic heterocycles. The number of aromatic nitrogens is 3. The second-order valence-electron chi connectivity index (χ2n) is 4.63. The molecule has 0 aliphatic carbocycles. The van der Waals surface area contributed by atoms with Gasteiger partial charge in [0.1, 0.15) is 0 Å². The number of nitrogens with zero attached hydrogens (tertiary/aromatic N) is 4. The SMILES string of the molecule is c1ccc(C2CSC(=NCCCn3ccnn3)N2)cc1. The van der Waals surface area contributed by atoms with E-state index in [0.29, 0.717) is 6.04 Å². The fraction of sp³-hybridized carbons (Fsp3) is 0.357. The van der Waals surface area contributed by atoms with Crippen molar-refractivity contribution < 1.29 is 0 Å². The van der Waals surface area contributed by atoms with E-state index in [1.54, 1.807) is 18.0 Å². The number of nitrogens with one attached hydrogen (secondary N) is 1. The van der Waals surface area contributed by atoms with Gasteiger partial charge in [0.2, 0.25) is 0 Å². The van der Waals surface area contributed by atoms with Gasteiger partial charge < -0.3 is 5.32 Å². The van der Waals surface area contributed by atoms with Gasteiger partial charge >= 0.3 is 0 Å². The van der Waals surface area contributed by atoms with Gasteiger partial charge in [-0.1, -0.05) is 47.3 Å². The highest BCUT2D eigenvalue weighted by atomic mass is 32.2. The number of hydrogen-bond donors (Lipinski definition) is 1. The standard InChI is InChI=1S/C14H17N5S/c1-2-5-12(6-3-1)13-11-20-14(17-13)15-7-4-9-19-10-8-16-18-19/h1-3,5-6,8,10,13H,4,7,9,11H2,(H,15,17). The molecule has 5 nitrogen and oxygen atoms in total. The largest absolute Gasteiger partial charge is 0.357 e. The molecular formula is C14H17N5S. The van der Waals surface area contributed by atoms with Crippen molar-refractivity contribution in [2.75, 3.05) is 12.3 Å². The highest BCUT2D eigenvalue weighted by Crippen LogP contribution is 2.25. The van der Waals surface area contributed by atoms with Gasteiger partial charge in [-0.2, -0.15) is 0 Å². The van der Waals surface area contributed by atoms with Gasteiger partial charge in [0.25, 0.3) is 0 Å². The van der Waals surface area contributed by atoms with Crippen LogP contribution in [0.2, 0.25) is 0 Å². The monoisotopic (exact) mass is 287 g/mol. The van der Waals surface area contributed by atoms with E-state index in [0.717, 1.165) is 30.4 Å². The summed E-state index contributed by atoms with van der Waals surface area (Å²) in [6.07, 6.45) is 4.55. The maximum Gasteiger partial charge on any atom is 0.157 e. The lowest BCUT2D eigenvalue weighted by molar-refractivity contribution is 0.564. The summed E-state index contributed by atoms with van der Waals surface area (Å²) in [5.41, 5.74) is 1.33. The molecule has 1 saturated heterocycles. The van der Waals surface area contributed by atoms with Crippen molar-refractivity contribution in [2.45, 2.75) is 19.0 Å². The zero-order valence-corrected chi connectivity index (χ0v) is 12.0. The van der Waals surface area contributed by atoms with Crippen LogP contribution >= 0.6 is 11.8 Å². The molecule has 6 heteroatoms. The van der Waals surface area contributed by atoms with E-state index in [1.165, 1.54) is 5.56 Å². The summed E-state index contributed by atoms with van der Waals surface area (Å²) < 4.78 is 1.84. The molecule has 1 atom stereocenters. The summed E-state index contributed by atoms with van der Waals surface area (Å²) in [6.45, 7) is 1.68. The average molecular weight is 287 g/mol. The molecule has 1 unspecified atom stereocenters. The lowest BCUT2D eigenvalue weighted by atomic mass is 10.1. The van der Waals surface area contributed by atoms with Crippen LogP contribution in [0.15, 0.2) is 47.7 Å². The minimum atomic E-state index is 0.385. The Morgan fingerprint density at radius 1 is 1.35 bits per heavy atom. The molecule has 2 aromatic rings. The van der Waals surface area contributed by atoms with Gasteiger partial charge in [-0.05, 0) is 12.0 Å². The highest BCUT2D eigenvalue weighted by molar-refractivity contribution is 8.14. The third-order valence-electron chi connectivity index (χ3n) is 3.16. The minimum absolute atomic E-state index is 0.385. The van der Waals surface area contributed by atoms with Crippen molar-refractivity contribution in [3.63, 3.8) is 0 Å². The van der Waals surface area contributed by atoms with Crippen molar-refractivity contribution in [1.29, 1.82) is 0 Å². The molecule has 104 valence electrons. The summed E-state index contributed by atoms with van der Waals surface area (Å²) in [6, 6.07) is 10.9. The number of aryl methyl sites for hydroxylation is 1. The number of amidine groups is 1. The van der Waals surface area contributed by atoms with Crippen molar-refractivity contribution in [3.8, 4) is 0 Å². The fourth-order valence-corrected chi connectivity index (χ4v) is 3.12. The van der Waals surface area contributed by atoms with Gasteiger partial charge in [-0.15, -0.1) is 5.10 Å². The van der Waals surface area contributed by atoms with Crippen molar-refractivity contribution in [3.05, 3.63) is 48.3 Å². The van der Waals surface area contributed by atoms with E-state index >= 15 is 0 Å². The van der Waals surface area contributed by atoms with Crippen molar-refractivity contribution >= 4 is 16.9 Å². The van der Waals surface area contributed by atoms with E-state index in [4.69, 9.17) is 0 Å². The summed E-state index contributed by atoms with van der Waals surface area (Å²) in [5, 5.41) is 12.2. The van der Waals surface area contributed by atoms with Crippen LogP contribution in [-0.4, -0.2) is 32.5 Å². The van der Waals surface area contributed by atoms with E-state index in [9.17, 15) is 0 Å². The molecule has 1 N–H and O–H groups in total. The quantitative estimate of drug-likeness (QED) is 0.856. The first-order chi connectivity index (χ1) is 9.92. The molecule has 1 fully saturated rings. The Hall–Kier alpha value is -1.82. The Bertz CT molecular complexity index is 552. The summed E-state index contributed by atoms with van der Waals surface area (Å²) in [4.78, 5) is 4.61. The lowest BCUT2D eigenvalue weighted by Crippen LogP contribution is -2.19. The van der Waals surface area contributed by atoms with Gasteiger partial charge in [0.15, 0.2) is 5.17 Å². The van der Waals surface area contributed by atoms with Gasteiger partial charge in [-0.25, -0.2) is 0 Å². The third-order valence-corrected chi connectivity index (χ3v) is 4.18. The number of rotatable bonds is 5.